The highest BCUT2D eigenvalue weighted by Gasteiger charge is 2.34. The Bertz CT molecular complexity index is 1580. The van der Waals surface area contributed by atoms with Crippen molar-refractivity contribution < 1.29 is 23.9 Å². The summed E-state index contributed by atoms with van der Waals surface area (Å²) in [5, 5.41) is 3.51. The maximum Gasteiger partial charge on any atom is 0.341 e. The Morgan fingerprint density at radius 1 is 0.882 bits per heavy atom. The Morgan fingerprint density at radius 2 is 1.62 bits per heavy atom. The second-order valence-electron chi connectivity index (χ2n) is 7.44. The highest BCUT2D eigenvalue weighted by molar-refractivity contribution is 7.13. The number of ketones is 1. The molecule has 0 saturated heterocycles. The lowest BCUT2D eigenvalue weighted by Gasteiger charge is -2.08. The second kappa shape index (κ2) is 8.57. The van der Waals surface area contributed by atoms with E-state index >= 15 is 0 Å². The molecule has 168 valence electrons. The van der Waals surface area contributed by atoms with Gasteiger partial charge < -0.3 is 9.47 Å². The van der Waals surface area contributed by atoms with Gasteiger partial charge in [0.1, 0.15) is 23.1 Å². The van der Waals surface area contributed by atoms with Crippen LogP contribution in [0.1, 0.15) is 36.8 Å². The lowest BCUT2D eigenvalue weighted by atomic mass is 9.97. The van der Waals surface area contributed by atoms with E-state index in [-0.39, 0.29) is 16.8 Å². The Morgan fingerprint density at radius 3 is 2.35 bits per heavy atom. The number of rotatable bonds is 5. The van der Waals surface area contributed by atoms with Crippen LogP contribution in [-0.4, -0.2) is 41.3 Å². The smallest absolute Gasteiger partial charge is 0.341 e. The number of carbonyl (C=O) groups excluding carboxylic acids is 3. The third kappa shape index (κ3) is 3.36. The molecule has 8 heteroatoms. The van der Waals surface area contributed by atoms with Gasteiger partial charge >= 0.3 is 11.9 Å². The first-order valence-corrected chi connectivity index (χ1v) is 11.2. The summed E-state index contributed by atoms with van der Waals surface area (Å²) in [6, 6.07) is 18.3. The number of esters is 2. The fourth-order valence-electron chi connectivity index (χ4n) is 4.10. The van der Waals surface area contributed by atoms with Crippen LogP contribution in [0.3, 0.4) is 0 Å². The molecule has 0 spiro atoms. The molecule has 5 rings (SSSR count). The van der Waals surface area contributed by atoms with Gasteiger partial charge in [0.25, 0.3) is 0 Å². The molecular weight excluding hydrogens is 452 g/mol. The molecule has 0 aliphatic rings. The molecule has 0 unspecified atom stereocenters. The number of benzene rings is 2. The monoisotopic (exact) mass is 470 g/mol. The molecule has 0 bridgehead atoms. The van der Waals surface area contributed by atoms with E-state index in [1.165, 1.54) is 36.3 Å². The lowest BCUT2D eigenvalue weighted by Crippen LogP contribution is -2.15. The molecule has 7 nitrogen and oxygen atoms in total. The molecule has 2 aromatic carbocycles. The largest absolute Gasteiger partial charge is 0.465 e. The third-order valence-electron chi connectivity index (χ3n) is 5.63. The summed E-state index contributed by atoms with van der Waals surface area (Å²) in [6.07, 6.45) is 1.45. The second-order valence-corrected chi connectivity index (χ2v) is 8.39. The summed E-state index contributed by atoms with van der Waals surface area (Å²) in [4.78, 5) is 45.1. The van der Waals surface area contributed by atoms with Crippen molar-refractivity contribution in [2.24, 2.45) is 0 Å². The van der Waals surface area contributed by atoms with Gasteiger partial charge in [0.2, 0.25) is 5.78 Å². The minimum absolute atomic E-state index is 0.0103. The molecular formula is C26H18N2O5S. The van der Waals surface area contributed by atoms with E-state index in [4.69, 9.17) is 9.47 Å². The van der Waals surface area contributed by atoms with Crippen molar-refractivity contribution in [1.29, 1.82) is 0 Å². The van der Waals surface area contributed by atoms with Crippen molar-refractivity contribution in [3.63, 3.8) is 0 Å². The Labute approximate surface area is 198 Å². The van der Waals surface area contributed by atoms with Gasteiger partial charge in [-0.3, -0.25) is 9.20 Å². The van der Waals surface area contributed by atoms with Crippen LogP contribution in [0.5, 0.6) is 0 Å². The quantitative estimate of drug-likeness (QED) is 0.265. The third-order valence-corrected chi connectivity index (χ3v) is 6.52. The summed E-state index contributed by atoms with van der Waals surface area (Å²) < 4.78 is 11.4. The van der Waals surface area contributed by atoms with E-state index in [2.05, 4.69) is 4.98 Å². The van der Waals surface area contributed by atoms with Crippen LogP contribution >= 0.6 is 11.3 Å². The molecule has 0 saturated carbocycles. The Kier molecular flexibility index (Phi) is 5.43. The van der Waals surface area contributed by atoms with Gasteiger partial charge in [-0.05, 0) is 28.3 Å². The summed E-state index contributed by atoms with van der Waals surface area (Å²) in [7, 11) is 2.42. The van der Waals surface area contributed by atoms with Crippen molar-refractivity contribution in [3.05, 3.63) is 94.8 Å². The molecule has 5 aromatic rings. The summed E-state index contributed by atoms with van der Waals surface area (Å²) in [5.41, 5.74) is 1.11. The van der Waals surface area contributed by atoms with Gasteiger partial charge in [0.15, 0.2) is 0 Å². The van der Waals surface area contributed by atoms with E-state index in [9.17, 15) is 14.4 Å². The molecule has 0 aliphatic carbocycles. The van der Waals surface area contributed by atoms with Crippen molar-refractivity contribution in [1.82, 2.24) is 9.38 Å². The van der Waals surface area contributed by atoms with E-state index in [0.717, 1.165) is 15.6 Å². The Hall–Kier alpha value is -4.30. The highest BCUT2D eigenvalue weighted by atomic mass is 32.1. The van der Waals surface area contributed by atoms with Crippen LogP contribution in [0.4, 0.5) is 0 Å². The van der Waals surface area contributed by atoms with E-state index in [1.807, 2.05) is 47.8 Å². The molecule has 3 heterocycles. The number of ether oxygens (including phenoxy) is 2. The van der Waals surface area contributed by atoms with Crippen molar-refractivity contribution >= 4 is 45.3 Å². The molecule has 3 aromatic heterocycles. The zero-order chi connectivity index (χ0) is 23.8. The lowest BCUT2D eigenvalue weighted by molar-refractivity contribution is 0.0556. The topological polar surface area (TPSA) is 87.0 Å². The zero-order valence-corrected chi connectivity index (χ0v) is 19.1. The SMILES string of the molecule is COC(=O)c1c(C(=O)OC)c2cc(-c3cccs3)ncn2c1C(=O)c1cccc2ccccc12. The van der Waals surface area contributed by atoms with Gasteiger partial charge in [0, 0.05) is 5.56 Å². The van der Waals surface area contributed by atoms with Crippen LogP contribution in [0.25, 0.3) is 26.9 Å². The molecule has 0 N–H and O–H groups in total. The number of hydrogen-bond donors (Lipinski definition) is 0. The van der Waals surface area contributed by atoms with Crippen molar-refractivity contribution in [2.45, 2.75) is 0 Å². The molecule has 0 radical (unpaired) electrons. The van der Waals surface area contributed by atoms with Crippen LogP contribution in [0.15, 0.2) is 72.4 Å². The summed E-state index contributed by atoms with van der Waals surface area (Å²) >= 11 is 1.48. The molecule has 0 fully saturated rings. The van der Waals surface area contributed by atoms with Gasteiger partial charge in [0.05, 0.1) is 30.3 Å². The Balaban J connectivity index is 1.85. The van der Waals surface area contributed by atoms with Gasteiger partial charge in [-0.1, -0.05) is 48.5 Å². The standard InChI is InChI=1S/C26H18N2O5S/c1-32-25(30)21-19-13-18(20-11-6-12-34-20)27-14-28(19)23(22(21)26(31)33-2)24(29)17-10-5-8-15-7-3-4-9-16(15)17/h3-14H,1-2H3. The van der Waals surface area contributed by atoms with Crippen LogP contribution < -0.4 is 0 Å². The average Bonchev–Trinajstić information content (AvgIpc) is 3.53. The fraction of sp³-hybridized carbons (Fsp3) is 0.0769. The van der Waals surface area contributed by atoms with Gasteiger partial charge in [-0.15, -0.1) is 11.3 Å². The number of methoxy groups -OCH3 is 2. The number of nitrogens with zero attached hydrogens (tertiary/aromatic N) is 2. The highest BCUT2D eigenvalue weighted by Crippen LogP contribution is 2.32. The first-order valence-electron chi connectivity index (χ1n) is 10.3. The molecule has 0 aliphatic heterocycles. The zero-order valence-electron chi connectivity index (χ0n) is 18.3. The maximum atomic E-state index is 13.9. The van der Waals surface area contributed by atoms with Crippen LogP contribution in [0.2, 0.25) is 0 Å². The fourth-order valence-corrected chi connectivity index (χ4v) is 4.79. The molecule has 0 amide bonds. The number of carbonyl (C=O) groups is 3. The average molecular weight is 471 g/mol. The van der Waals surface area contributed by atoms with Crippen molar-refractivity contribution in [2.75, 3.05) is 14.2 Å². The van der Waals surface area contributed by atoms with E-state index in [0.29, 0.717) is 16.8 Å². The van der Waals surface area contributed by atoms with Gasteiger partial charge in [-0.2, -0.15) is 0 Å². The number of hydrogen-bond acceptors (Lipinski definition) is 7. The number of fused-ring (bicyclic) bond motifs is 2. The minimum atomic E-state index is -0.814. The summed E-state index contributed by atoms with van der Waals surface area (Å²) in [6.45, 7) is 0. The van der Waals surface area contributed by atoms with E-state index < -0.39 is 17.7 Å². The van der Waals surface area contributed by atoms with Crippen molar-refractivity contribution in [3.8, 4) is 10.6 Å². The first-order chi connectivity index (χ1) is 16.5. The minimum Gasteiger partial charge on any atom is -0.465 e. The van der Waals surface area contributed by atoms with Gasteiger partial charge in [-0.25, -0.2) is 14.6 Å². The van der Waals surface area contributed by atoms with Crippen LogP contribution in [0, 0.1) is 0 Å². The predicted octanol–water partition coefficient (Wildman–Crippen LogP) is 5.02. The predicted molar refractivity (Wildman–Crippen MR) is 129 cm³/mol. The normalized spacial score (nSPS) is 11.0. The maximum absolute atomic E-state index is 13.9. The molecule has 0 atom stereocenters. The number of thiophene rings is 1. The molecule has 34 heavy (non-hydrogen) atoms. The van der Waals surface area contributed by atoms with Crippen LogP contribution in [-0.2, 0) is 9.47 Å². The summed E-state index contributed by atoms with van der Waals surface area (Å²) in [5.74, 6) is -2.00. The van der Waals surface area contributed by atoms with E-state index in [1.54, 1.807) is 18.2 Å². The first kappa shape index (κ1) is 21.5. The number of aromatic nitrogens is 2.